The van der Waals surface area contributed by atoms with E-state index in [1.807, 2.05) is 0 Å². The summed E-state index contributed by atoms with van der Waals surface area (Å²) in [5.41, 5.74) is -0.261. The fraction of sp³-hybridized carbons (Fsp3) is 0.550. The molecule has 2 N–H and O–H groups in total. The van der Waals surface area contributed by atoms with E-state index in [0.29, 0.717) is 43.4 Å². The van der Waals surface area contributed by atoms with Gasteiger partial charge in [0.1, 0.15) is 24.4 Å². The average Bonchev–Trinajstić information content (AvgIpc) is 2.90. The second kappa shape index (κ2) is 8.60. The second-order valence-corrected chi connectivity index (χ2v) is 7.50. The SMILES string of the molecule is COCCOc1ccc(NC(=O)CN2C(=O)NC3(CCC(C)CC3)C2=O)cc1. The summed E-state index contributed by atoms with van der Waals surface area (Å²) in [6.45, 7) is 2.78. The van der Waals surface area contributed by atoms with Crippen molar-refractivity contribution >= 4 is 23.5 Å². The van der Waals surface area contributed by atoms with Crippen LogP contribution in [-0.4, -0.2) is 55.2 Å². The Balaban J connectivity index is 1.54. The summed E-state index contributed by atoms with van der Waals surface area (Å²) in [6.07, 6.45) is 3.04. The van der Waals surface area contributed by atoms with Gasteiger partial charge in [0.25, 0.3) is 5.91 Å². The van der Waals surface area contributed by atoms with Crippen molar-refractivity contribution in [3.8, 4) is 5.75 Å². The van der Waals surface area contributed by atoms with Gasteiger partial charge in [0, 0.05) is 12.8 Å². The Morgan fingerprint density at radius 1 is 1.21 bits per heavy atom. The van der Waals surface area contributed by atoms with E-state index in [9.17, 15) is 14.4 Å². The zero-order chi connectivity index (χ0) is 20.1. The Labute approximate surface area is 164 Å². The van der Waals surface area contributed by atoms with Crippen LogP contribution in [0.2, 0.25) is 0 Å². The van der Waals surface area contributed by atoms with Crippen molar-refractivity contribution in [2.24, 2.45) is 5.92 Å². The number of hydrogen-bond donors (Lipinski definition) is 2. The molecule has 1 aromatic rings. The molecule has 0 aromatic heterocycles. The first-order valence-electron chi connectivity index (χ1n) is 9.59. The molecule has 2 aliphatic rings. The Kier molecular flexibility index (Phi) is 6.18. The topological polar surface area (TPSA) is 97.0 Å². The minimum absolute atomic E-state index is 0.290. The first-order chi connectivity index (χ1) is 13.4. The van der Waals surface area contributed by atoms with E-state index < -0.39 is 17.5 Å². The first kappa shape index (κ1) is 20.1. The molecule has 0 radical (unpaired) electrons. The van der Waals surface area contributed by atoms with Gasteiger partial charge in [-0.25, -0.2) is 4.79 Å². The molecule has 2 fully saturated rings. The molecule has 1 spiro atoms. The van der Waals surface area contributed by atoms with Gasteiger partial charge in [-0.2, -0.15) is 0 Å². The summed E-state index contributed by atoms with van der Waals surface area (Å²) < 4.78 is 10.4. The van der Waals surface area contributed by atoms with Crippen LogP contribution in [0.25, 0.3) is 0 Å². The lowest BCUT2D eigenvalue weighted by atomic mass is 9.77. The van der Waals surface area contributed by atoms with E-state index in [0.717, 1.165) is 17.7 Å². The lowest BCUT2D eigenvalue weighted by Gasteiger charge is -2.33. The van der Waals surface area contributed by atoms with Crippen molar-refractivity contribution in [2.45, 2.75) is 38.1 Å². The normalized spacial score (nSPS) is 24.4. The van der Waals surface area contributed by atoms with E-state index in [1.165, 1.54) is 0 Å². The Morgan fingerprint density at radius 2 is 1.89 bits per heavy atom. The third-order valence-corrected chi connectivity index (χ3v) is 5.37. The van der Waals surface area contributed by atoms with Crippen molar-refractivity contribution in [3.63, 3.8) is 0 Å². The third kappa shape index (κ3) is 4.44. The van der Waals surface area contributed by atoms with E-state index in [2.05, 4.69) is 17.6 Å². The number of carbonyl (C=O) groups excluding carboxylic acids is 3. The largest absolute Gasteiger partial charge is 0.491 e. The molecule has 0 bridgehead atoms. The molecule has 1 saturated carbocycles. The van der Waals surface area contributed by atoms with Crippen molar-refractivity contribution in [2.75, 3.05) is 32.2 Å². The van der Waals surface area contributed by atoms with Gasteiger partial charge in [0.05, 0.1) is 6.61 Å². The quantitative estimate of drug-likeness (QED) is 0.550. The van der Waals surface area contributed by atoms with Crippen LogP contribution >= 0.6 is 0 Å². The number of nitrogens with one attached hydrogen (secondary N) is 2. The molecule has 8 nitrogen and oxygen atoms in total. The lowest BCUT2D eigenvalue weighted by Crippen LogP contribution is -2.49. The van der Waals surface area contributed by atoms with Crippen molar-refractivity contribution in [1.29, 1.82) is 0 Å². The highest BCUT2D eigenvalue weighted by molar-refractivity contribution is 6.10. The van der Waals surface area contributed by atoms with Crippen LogP contribution in [0.1, 0.15) is 32.6 Å². The van der Waals surface area contributed by atoms with Crippen LogP contribution in [0.15, 0.2) is 24.3 Å². The molecular weight excluding hydrogens is 362 g/mol. The summed E-state index contributed by atoms with van der Waals surface area (Å²) >= 11 is 0. The minimum atomic E-state index is -0.828. The monoisotopic (exact) mass is 389 g/mol. The number of amides is 4. The molecular formula is C20H27N3O5. The Morgan fingerprint density at radius 3 is 2.54 bits per heavy atom. The third-order valence-electron chi connectivity index (χ3n) is 5.37. The van der Waals surface area contributed by atoms with Crippen LogP contribution in [0.3, 0.4) is 0 Å². The molecule has 4 amide bonds. The Hall–Kier alpha value is -2.61. The van der Waals surface area contributed by atoms with Crippen LogP contribution in [0, 0.1) is 5.92 Å². The van der Waals surface area contributed by atoms with Crippen LogP contribution < -0.4 is 15.4 Å². The maximum absolute atomic E-state index is 12.8. The van der Waals surface area contributed by atoms with Crippen molar-refractivity contribution in [3.05, 3.63) is 24.3 Å². The van der Waals surface area contributed by atoms with Crippen molar-refractivity contribution in [1.82, 2.24) is 10.2 Å². The molecule has 1 heterocycles. The highest BCUT2D eigenvalue weighted by Gasteiger charge is 2.52. The molecule has 1 saturated heterocycles. The number of benzene rings is 1. The highest BCUT2D eigenvalue weighted by atomic mass is 16.5. The number of carbonyl (C=O) groups is 3. The number of methoxy groups -OCH3 is 1. The van der Waals surface area contributed by atoms with Gasteiger partial charge in [-0.15, -0.1) is 0 Å². The number of hydrogen-bond acceptors (Lipinski definition) is 5. The van der Waals surface area contributed by atoms with E-state index in [1.54, 1.807) is 31.4 Å². The summed E-state index contributed by atoms with van der Waals surface area (Å²) in [5, 5.41) is 5.53. The molecule has 152 valence electrons. The molecule has 28 heavy (non-hydrogen) atoms. The minimum Gasteiger partial charge on any atom is -0.491 e. The molecule has 1 aliphatic carbocycles. The van der Waals surface area contributed by atoms with Gasteiger partial charge in [0.2, 0.25) is 5.91 Å². The maximum atomic E-state index is 12.8. The van der Waals surface area contributed by atoms with E-state index in [-0.39, 0.29) is 12.5 Å². The van der Waals surface area contributed by atoms with Crippen molar-refractivity contribution < 1.29 is 23.9 Å². The summed E-state index contributed by atoms with van der Waals surface area (Å²) in [5.74, 6) is 0.506. The van der Waals surface area contributed by atoms with Gasteiger partial charge in [-0.05, 0) is 55.9 Å². The first-order valence-corrected chi connectivity index (χ1v) is 9.59. The van der Waals surface area contributed by atoms with Gasteiger partial charge < -0.3 is 20.1 Å². The Bertz CT molecular complexity index is 726. The fourth-order valence-corrected chi connectivity index (χ4v) is 3.64. The lowest BCUT2D eigenvalue weighted by molar-refractivity contribution is -0.135. The predicted octanol–water partition coefficient (Wildman–Crippen LogP) is 2.15. The number of urea groups is 1. The number of imide groups is 1. The maximum Gasteiger partial charge on any atom is 0.325 e. The zero-order valence-corrected chi connectivity index (χ0v) is 16.3. The number of nitrogens with zero attached hydrogens (tertiary/aromatic N) is 1. The summed E-state index contributed by atoms with van der Waals surface area (Å²) in [7, 11) is 1.60. The molecule has 1 aromatic carbocycles. The highest BCUT2D eigenvalue weighted by Crippen LogP contribution is 2.36. The van der Waals surface area contributed by atoms with Gasteiger partial charge >= 0.3 is 6.03 Å². The van der Waals surface area contributed by atoms with Crippen LogP contribution in [0.4, 0.5) is 10.5 Å². The van der Waals surface area contributed by atoms with Crippen LogP contribution in [-0.2, 0) is 14.3 Å². The molecule has 0 atom stereocenters. The van der Waals surface area contributed by atoms with Crippen LogP contribution in [0.5, 0.6) is 5.75 Å². The predicted molar refractivity (Wildman–Crippen MR) is 103 cm³/mol. The zero-order valence-electron chi connectivity index (χ0n) is 16.3. The van der Waals surface area contributed by atoms with Gasteiger partial charge in [-0.1, -0.05) is 6.92 Å². The second-order valence-electron chi connectivity index (χ2n) is 7.50. The summed E-state index contributed by atoms with van der Waals surface area (Å²) in [4.78, 5) is 38.4. The number of ether oxygens (including phenoxy) is 2. The number of rotatable bonds is 7. The fourth-order valence-electron chi connectivity index (χ4n) is 3.64. The molecule has 1 aliphatic heterocycles. The standard InChI is InChI=1S/C20H27N3O5/c1-14-7-9-20(10-8-14)18(25)23(19(26)22-20)13-17(24)21-15-3-5-16(6-4-15)28-12-11-27-2/h3-6,14H,7-13H2,1-2H3,(H,21,24)(H,22,26). The number of anilines is 1. The van der Waals surface area contributed by atoms with E-state index >= 15 is 0 Å². The molecule has 0 unspecified atom stereocenters. The molecule has 8 heteroatoms. The molecule has 3 rings (SSSR count). The summed E-state index contributed by atoms with van der Waals surface area (Å²) in [6, 6.07) is 6.39. The van der Waals surface area contributed by atoms with E-state index in [4.69, 9.17) is 9.47 Å². The van der Waals surface area contributed by atoms with Gasteiger partial charge in [0.15, 0.2) is 0 Å². The smallest absolute Gasteiger partial charge is 0.325 e. The average molecular weight is 389 g/mol. The van der Waals surface area contributed by atoms with Gasteiger partial charge in [-0.3, -0.25) is 14.5 Å².